The van der Waals surface area contributed by atoms with Crippen LogP contribution in [0.5, 0.6) is 0 Å². The lowest BCUT2D eigenvalue weighted by Gasteiger charge is -2.33. The Kier molecular flexibility index (Phi) is 9.52. The Bertz CT molecular complexity index is 463. The molecule has 0 saturated carbocycles. The number of hydrogen-bond acceptors (Lipinski definition) is 3. The van der Waals surface area contributed by atoms with Gasteiger partial charge >= 0.3 is 6.09 Å². The molecular formula is C20H38N4O2. The molecule has 0 spiro atoms. The van der Waals surface area contributed by atoms with Gasteiger partial charge < -0.3 is 19.9 Å². The highest BCUT2D eigenvalue weighted by Gasteiger charge is 2.26. The molecule has 0 atom stereocenters. The summed E-state index contributed by atoms with van der Waals surface area (Å²) in [6, 6.07) is 0. The normalized spacial score (nSPS) is 16.3. The van der Waals surface area contributed by atoms with Gasteiger partial charge in [-0.05, 0) is 59.3 Å². The van der Waals surface area contributed by atoms with Crippen LogP contribution in [-0.2, 0) is 4.74 Å². The first kappa shape index (κ1) is 22.3. The molecule has 6 heteroatoms. The van der Waals surface area contributed by atoms with E-state index in [-0.39, 0.29) is 6.09 Å². The summed E-state index contributed by atoms with van der Waals surface area (Å²) in [6.07, 6.45) is 5.81. The summed E-state index contributed by atoms with van der Waals surface area (Å²) in [5, 5.41) is 3.37. The van der Waals surface area contributed by atoms with E-state index in [1.54, 1.807) is 0 Å². The molecule has 1 rings (SSSR count). The minimum atomic E-state index is -0.435. The fraction of sp³-hybridized carbons (Fsp3) is 0.800. The number of unbranched alkanes of at least 4 members (excludes halogenated alkanes) is 1. The van der Waals surface area contributed by atoms with Crippen LogP contribution in [0, 0.1) is 5.92 Å². The Balaban J connectivity index is 2.46. The number of piperidine rings is 1. The molecule has 0 radical (unpaired) electrons. The third kappa shape index (κ3) is 8.59. The van der Waals surface area contributed by atoms with Gasteiger partial charge in [0.15, 0.2) is 5.96 Å². The molecule has 1 fully saturated rings. The largest absolute Gasteiger partial charge is 0.444 e. The molecule has 1 N–H and O–H groups in total. The number of nitrogens with one attached hydrogen (secondary N) is 1. The summed E-state index contributed by atoms with van der Waals surface area (Å²) >= 11 is 0. The number of allylic oxidation sites excluding steroid dienone is 1. The average Bonchev–Trinajstić information content (AvgIpc) is 2.57. The smallest absolute Gasteiger partial charge is 0.410 e. The van der Waals surface area contributed by atoms with Crippen molar-refractivity contribution in [3.05, 3.63) is 12.7 Å². The van der Waals surface area contributed by atoms with E-state index in [0.717, 1.165) is 64.4 Å². The number of nitrogens with zero attached hydrogens (tertiary/aromatic N) is 3. The average molecular weight is 367 g/mol. The van der Waals surface area contributed by atoms with Crippen LogP contribution < -0.4 is 5.32 Å². The quantitative estimate of drug-likeness (QED) is 0.324. The number of aliphatic imine (C=N–C) groups is 1. The molecule has 26 heavy (non-hydrogen) atoms. The number of ether oxygens (including phenoxy) is 1. The standard InChI is InChI=1S/C20H38N4O2/c1-7-9-10-13-23(6)18(21-8-2)22-16-17-11-14-24(15-12-17)19(25)26-20(3,4)5/h7,17H,1,8-16H2,2-6H3,(H,21,22). The lowest BCUT2D eigenvalue weighted by Crippen LogP contribution is -2.43. The minimum Gasteiger partial charge on any atom is -0.444 e. The zero-order valence-corrected chi connectivity index (χ0v) is 17.4. The number of hydrogen-bond donors (Lipinski definition) is 1. The Morgan fingerprint density at radius 1 is 1.38 bits per heavy atom. The Hall–Kier alpha value is -1.72. The van der Waals surface area contributed by atoms with Gasteiger partial charge in [-0.15, -0.1) is 6.58 Å². The Morgan fingerprint density at radius 2 is 2.04 bits per heavy atom. The second-order valence-corrected chi connectivity index (χ2v) is 7.96. The van der Waals surface area contributed by atoms with Crippen molar-refractivity contribution in [2.24, 2.45) is 10.9 Å². The van der Waals surface area contributed by atoms with E-state index < -0.39 is 5.60 Å². The van der Waals surface area contributed by atoms with Crippen LogP contribution in [0.3, 0.4) is 0 Å². The third-order valence-electron chi connectivity index (χ3n) is 4.36. The fourth-order valence-electron chi connectivity index (χ4n) is 2.89. The number of carbonyl (C=O) groups is 1. The van der Waals surface area contributed by atoms with Crippen molar-refractivity contribution < 1.29 is 9.53 Å². The second-order valence-electron chi connectivity index (χ2n) is 7.96. The highest BCUT2D eigenvalue weighted by Crippen LogP contribution is 2.20. The maximum absolute atomic E-state index is 12.1. The van der Waals surface area contributed by atoms with Crippen LogP contribution in [0.4, 0.5) is 4.79 Å². The monoisotopic (exact) mass is 366 g/mol. The summed E-state index contributed by atoms with van der Waals surface area (Å²) in [7, 11) is 2.08. The van der Waals surface area contributed by atoms with E-state index in [1.807, 2.05) is 31.7 Å². The van der Waals surface area contributed by atoms with E-state index in [9.17, 15) is 4.79 Å². The minimum absolute atomic E-state index is 0.199. The first-order valence-electron chi connectivity index (χ1n) is 9.85. The van der Waals surface area contributed by atoms with Gasteiger partial charge in [0.2, 0.25) is 0 Å². The van der Waals surface area contributed by atoms with E-state index in [2.05, 4.69) is 30.8 Å². The molecule has 0 aromatic carbocycles. The summed E-state index contributed by atoms with van der Waals surface area (Å²) < 4.78 is 5.46. The molecule has 0 aromatic heterocycles. The molecule has 0 bridgehead atoms. The van der Waals surface area contributed by atoms with Crippen molar-refractivity contribution in [2.45, 2.75) is 59.0 Å². The predicted octanol–water partition coefficient (Wildman–Crippen LogP) is 3.50. The maximum Gasteiger partial charge on any atom is 0.410 e. The second kappa shape index (κ2) is 11.1. The predicted molar refractivity (Wildman–Crippen MR) is 109 cm³/mol. The summed E-state index contributed by atoms with van der Waals surface area (Å²) in [5.74, 6) is 1.48. The van der Waals surface area contributed by atoms with Crippen molar-refractivity contribution >= 4 is 12.1 Å². The van der Waals surface area contributed by atoms with E-state index in [1.165, 1.54) is 0 Å². The van der Waals surface area contributed by atoms with Crippen molar-refractivity contribution in [3.8, 4) is 0 Å². The van der Waals surface area contributed by atoms with E-state index in [4.69, 9.17) is 9.73 Å². The van der Waals surface area contributed by atoms with Gasteiger partial charge in [0.25, 0.3) is 0 Å². The van der Waals surface area contributed by atoms with Gasteiger partial charge in [-0.3, -0.25) is 4.99 Å². The van der Waals surface area contributed by atoms with Crippen LogP contribution in [0.1, 0.15) is 53.4 Å². The van der Waals surface area contributed by atoms with Crippen LogP contribution in [0.25, 0.3) is 0 Å². The van der Waals surface area contributed by atoms with Crippen LogP contribution in [0.2, 0.25) is 0 Å². The van der Waals surface area contributed by atoms with E-state index >= 15 is 0 Å². The molecule has 150 valence electrons. The highest BCUT2D eigenvalue weighted by molar-refractivity contribution is 5.79. The summed E-state index contributed by atoms with van der Waals surface area (Å²) in [4.78, 5) is 21.0. The number of amides is 1. The molecule has 1 aliphatic rings. The molecule has 0 unspecified atom stereocenters. The van der Waals surface area contributed by atoms with Crippen molar-refractivity contribution in [1.82, 2.24) is 15.1 Å². The maximum atomic E-state index is 12.1. The molecule has 1 aliphatic heterocycles. The van der Waals surface area contributed by atoms with Gasteiger partial charge in [0, 0.05) is 39.8 Å². The van der Waals surface area contributed by atoms with Crippen LogP contribution in [0.15, 0.2) is 17.6 Å². The number of likely N-dealkylation sites (tertiary alicyclic amines) is 1. The van der Waals surface area contributed by atoms with Gasteiger partial charge in [-0.2, -0.15) is 0 Å². The molecule has 1 heterocycles. The van der Waals surface area contributed by atoms with Crippen LogP contribution in [-0.4, -0.2) is 67.2 Å². The topological polar surface area (TPSA) is 57.2 Å². The number of guanidine groups is 1. The number of carbonyl (C=O) groups excluding carboxylic acids is 1. The van der Waals surface area contributed by atoms with Crippen molar-refractivity contribution in [2.75, 3.05) is 39.8 Å². The molecule has 0 aromatic rings. The van der Waals surface area contributed by atoms with Crippen LogP contribution >= 0.6 is 0 Å². The van der Waals surface area contributed by atoms with Crippen molar-refractivity contribution in [3.63, 3.8) is 0 Å². The molecular weight excluding hydrogens is 328 g/mol. The highest BCUT2D eigenvalue weighted by atomic mass is 16.6. The van der Waals surface area contributed by atoms with Gasteiger partial charge in [0.05, 0.1) is 0 Å². The third-order valence-corrected chi connectivity index (χ3v) is 4.36. The molecule has 1 amide bonds. The first-order chi connectivity index (χ1) is 12.3. The zero-order chi connectivity index (χ0) is 19.6. The number of rotatable bonds is 7. The first-order valence-corrected chi connectivity index (χ1v) is 9.85. The Morgan fingerprint density at radius 3 is 2.58 bits per heavy atom. The lowest BCUT2D eigenvalue weighted by molar-refractivity contribution is 0.0187. The molecule has 6 nitrogen and oxygen atoms in total. The van der Waals surface area contributed by atoms with Gasteiger partial charge in [-0.25, -0.2) is 4.79 Å². The lowest BCUT2D eigenvalue weighted by atomic mass is 9.97. The Labute approximate surface area is 159 Å². The van der Waals surface area contributed by atoms with Gasteiger partial charge in [-0.1, -0.05) is 6.08 Å². The van der Waals surface area contributed by atoms with E-state index in [0.29, 0.717) is 5.92 Å². The zero-order valence-electron chi connectivity index (χ0n) is 17.4. The fourth-order valence-corrected chi connectivity index (χ4v) is 2.89. The molecule has 0 aliphatic carbocycles. The van der Waals surface area contributed by atoms with Crippen molar-refractivity contribution in [1.29, 1.82) is 0 Å². The SMILES string of the molecule is C=CCCCN(C)C(=NCC1CCN(C(=O)OC(C)(C)C)CC1)NCC. The summed E-state index contributed by atoms with van der Waals surface area (Å²) in [5.41, 5.74) is -0.435. The molecule has 1 saturated heterocycles. The summed E-state index contributed by atoms with van der Waals surface area (Å²) in [6.45, 7) is 15.7. The van der Waals surface area contributed by atoms with Gasteiger partial charge in [0.1, 0.15) is 5.60 Å².